The van der Waals surface area contributed by atoms with Crippen molar-refractivity contribution >= 4 is 27.5 Å². The van der Waals surface area contributed by atoms with E-state index in [4.69, 9.17) is 16.3 Å². The summed E-state index contributed by atoms with van der Waals surface area (Å²) in [5.41, 5.74) is 1.97. The van der Waals surface area contributed by atoms with Gasteiger partial charge in [-0.05, 0) is 36.4 Å². The summed E-state index contributed by atoms with van der Waals surface area (Å²) in [4.78, 5) is 0. The second-order valence-corrected chi connectivity index (χ2v) is 5.83. The number of hydrogen-bond donors (Lipinski definition) is 1. The first-order valence-corrected chi connectivity index (χ1v) is 7.83. The first-order chi connectivity index (χ1) is 10.1. The molecule has 0 radical (unpaired) electrons. The Morgan fingerprint density at radius 1 is 1.24 bits per heavy atom. The standard InChI is InChI=1S/C16H16BrClFNO/c1-2-20-9-11-3-6-16(15(18)7-11)21-10-12-4-5-13(19)8-14(12)17/h3-8,20H,2,9-10H2,1H3. The van der Waals surface area contributed by atoms with E-state index in [1.54, 1.807) is 6.07 Å². The zero-order chi connectivity index (χ0) is 15.2. The highest BCUT2D eigenvalue weighted by Crippen LogP contribution is 2.27. The highest BCUT2D eigenvalue weighted by molar-refractivity contribution is 9.10. The maximum absolute atomic E-state index is 13.0. The van der Waals surface area contributed by atoms with Crippen molar-refractivity contribution < 1.29 is 9.13 Å². The molecule has 2 aromatic rings. The van der Waals surface area contributed by atoms with E-state index in [0.717, 1.165) is 24.2 Å². The molecular formula is C16H16BrClFNO. The van der Waals surface area contributed by atoms with Crippen LogP contribution in [0.4, 0.5) is 4.39 Å². The molecule has 112 valence electrons. The Hall–Kier alpha value is -1.10. The molecule has 2 nitrogen and oxygen atoms in total. The summed E-state index contributed by atoms with van der Waals surface area (Å²) < 4.78 is 19.4. The summed E-state index contributed by atoms with van der Waals surface area (Å²) in [7, 11) is 0. The van der Waals surface area contributed by atoms with Gasteiger partial charge in [-0.3, -0.25) is 0 Å². The van der Waals surface area contributed by atoms with Crippen molar-refractivity contribution in [1.29, 1.82) is 0 Å². The number of nitrogens with one attached hydrogen (secondary N) is 1. The van der Waals surface area contributed by atoms with Gasteiger partial charge in [0.1, 0.15) is 18.2 Å². The van der Waals surface area contributed by atoms with E-state index in [0.29, 0.717) is 21.9 Å². The van der Waals surface area contributed by atoms with E-state index < -0.39 is 0 Å². The number of rotatable bonds is 6. The zero-order valence-electron chi connectivity index (χ0n) is 11.6. The lowest BCUT2D eigenvalue weighted by atomic mass is 10.2. The fourth-order valence-corrected chi connectivity index (χ4v) is 2.56. The molecule has 21 heavy (non-hydrogen) atoms. The Labute approximate surface area is 137 Å². The highest BCUT2D eigenvalue weighted by Gasteiger charge is 2.06. The molecule has 0 saturated heterocycles. The van der Waals surface area contributed by atoms with E-state index in [-0.39, 0.29) is 5.82 Å². The van der Waals surface area contributed by atoms with Crippen LogP contribution >= 0.6 is 27.5 Å². The van der Waals surface area contributed by atoms with Crippen LogP contribution in [0.1, 0.15) is 18.1 Å². The van der Waals surface area contributed by atoms with E-state index in [1.807, 2.05) is 18.2 Å². The van der Waals surface area contributed by atoms with Crippen molar-refractivity contribution in [3.8, 4) is 5.75 Å². The smallest absolute Gasteiger partial charge is 0.138 e. The quantitative estimate of drug-likeness (QED) is 0.776. The lowest BCUT2D eigenvalue weighted by Gasteiger charge is -2.11. The SMILES string of the molecule is CCNCc1ccc(OCc2ccc(F)cc2Br)c(Cl)c1. The zero-order valence-corrected chi connectivity index (χ0v) is 14.0. The topological polar surface area (TPSA) is 21.3 Å². The van der Waals surface area contributed by atoms with E-state index in [1.165, 1.54) is 12.1 Å². The summed E-state index contributed by atoms with van der Waals surface area (Å²) in [6.45, 7) is 4.07. The van der Waals surface area contributed by atoms with Crippen LogP contribution < -0.4 is 10.1 Å². The average Bonchev–Trinajstić information content (AvgIpc) is 2.45. The Bertz CT molecular complexity index is 621. The monoisotopic (exact) mass is 371 g/mol. The Kier molecular flexibility index (Phi) is 6.03. The Morgan fingerprint density at radius 2 is 2.05 bits per heavy atom. The number of ether oxygens (including phenoxy) is 1. The van der Waals surface area contributed by atoms with Gasteiger partial charge in [0, 0.05) is 16.6 Å². The van der Waals surface area contributed by atoms with Gasteiger partial charge >= 0.3 is 0 Å². The molecule has 0 aliphatic rings. The van der Waals surface area contributed by atoms with Gasteiger partial charge in [0.25, 0.3) is 0 Å². The van der Waals surface area contributed by atoms with Crippen molar-refractivity contribution in [3.05, 3.63) is 62.8 Å². The lowest BCUT2D eigenvalue weighted by molar-refractivity contribution is 0.305. The van der Waals surface area contributed by atoms with Gasteiger partial charge in [-0.1, -0.05) is 46.6 Å². The van der Waals surface area contributed by atoms with Gasteiger partial charge in [-0.25, -0.2) is 4.39 Å². The molecule has 0 aliphatic carbocycles. The van der Waals surface area contributed by atoms with E-state index >= 15 is 0 Å². The summed E-state index contributed by atoms with van der Waals surface area (Å²) >= 11 is 9.53. The fourth-order valence-electron chi connectivity index (χ4n) is 1.83. The van der Waals surface area contributed by atoms with Crippen LogP contribution in [0.3, 0.4) is 0 Å². The highest BCUT2D eigenvalue weighted by atomic mass is 79.9. The van der Waals surface area contributed by atoms with Gasteiger partial charge in [-0.15, -0.1) is 0 Å². The maximum atomic E-state index is 13.0. The second kappa shape index (κ2) is 7.78. The number of benzene rings is 2. The largest absolute Gasteiger partial charge is 0.487 e. The predicted molar refractivity (Wildman–Crippen MR) is 87.3 cm³/mol. The minimum absolute atomic E-state index is 0.281. The Balaban J connectivity index is 2.02. The van der Waals surface area contributed by atoms with Gasteiger partial charge in [0.05, 0.1) is 5.02 Å². The molecule has 1 N–H and O–H groups in total. The molecule has 5 heteroatoms. The minimum atomic E-state index is -0.281. The van der Waals surface area contributed by atoms with Crippen LogP contribution in [0.15, 0.2) is 40.9 Å². The number of halogens is 3. The first kappa shape index (κ1) is 16.3. The van der Waals surface area contributed by atoms with E-state index in [2.05, 4.69) is 28.2 Å². The summed E-state index contributed by atoms with van der Waals surface area (Å²) in [5.74, 6) is 0.338. The first-order valence-electron chi connectivity index (χ1n) is 6.66. The van der Waals surface area contributed by atoms with Crippen molar-refractivity contribution in [2.45, 2.75) is 20.1 Å². The molecule has 0 unspecified atom stereocenters. The van der Waals surface area contributed by atoms with Crippen LogP contribution in [0.25, 0.3) is 0 Å². The van der Waals surface area contributed by atoms with Gasteiger partial charge in [0.15, 0.2) is 0 Å². The van der Waals surface area contributed by atoms with Crippen molar-refractivity contribution in [2.75, 3.05) is 6.54 Å². The van der Waals surface area contributed by atoms with Crippen molar-refractivity contribution in [1.82, 2.24) is 5.32 Å². The molecule has 0 aliphatic heterocycles. The average molecular weight is 373 g/mol. The molecular weight excluding hydrogens is 357 g/mol. The maximum Gasteiger partial charge on any atom is 0.138 e. The molecule has 0 spiro atoms. The fraction of sp³-hybridized carbons (Fsp3) is 0.250. The van der Waals surface area contributed by atoms with Gasteiger partial charge < -0.3 is 10.1 Å². The summed E-state index contributed by atoms with van der Waals surface area (Å²) in [6, 6.07) is 10.2. The van der Waals surface area contributed by atoms with Crippen LogP contribution in [-0.2, 0) is 13.2 Å². The van der Waals surface area contributed by atoms with Crippen LogP contribution in [0.2, 0.25) is 5.02 Å². The molecule has 0 amide bonds. The van der Waals surface area contributed by atoms with Crippen molar-refractivity contribution in [3.63, 3.8) is 0 Å². The van der Waals surface area contributed by atoms with Gasteiger partial charge in [0.2, 0.25) is 0 Å². The third kappa shape index (κ3) is 4.70. The molecule has 0 atom stereocenters. The van der Waals surface area contributed by atoms with E-state index in [9.17, 15) is 4.39 Å². The molecule has 0 aromatic heterocycles. The second-order valence-electron chi connectivity index (χ2n) is 4.57. The lowest BCUT2D eigenvalue weighted by Crippen LogP contribution is -2.11. The van der Waals surface area contributed by atoms with Crippen LogP contribution in [-0.4, -0.2) is 6.54 Å². The molecule has 0 fully saturated rings. The van der Waals surface area contributed by atoms with Crippen molar-refractivity contribution in [2.24, 2.45) is 0 Å². The number of hydrogen-bond acceptors (Lipinski definition) is 2. The third-order valence-corrected chi connectivity index (χ3v) is 4.01. The van der Waals surface area contributed by atoms with Crippen LogP contribution in [0, 0.1) is 5.82 Å². The predicted octanol–water partition coefficient (Wildman–Crippen LogP) is 4.93. The summed E-state index contributed by atoms with van der Waals surface area (Å²) in [6.07, 6.45) is 0. The van der Waals surface area contributed by atoms with Gasteiger partial charge in [-0.2, -0.15) is 0 Å². The van der Waals surface area contributed by atoms with Crippen LogP contribution in [0.5, 0.6) is 5.75 Å². The molecule has 0 heterocycles. The normalized spacial score (nSPS) is 10.7. The molecule has 0 saturated carbocycles. The third-order valence-electron chi connectivity index (χ3n) is 2.97. The minimum Gasteiger partial charge on any atom is -0.487 e. The Morgan fingerprint density at radius 3 is 2.71 bits per heavy atom. The molecule has 2 aromatic carbocycles. The molecule has 0 bridgehead atoms. The summed E-state index contributed by atoms with van der Waals surface area (Å²) in [5, 5.41) is 3.81. The molecule has 2 rings (SSSR count).